The molecule has 0 radical (unpaired) electrons. The van der Waals surface area contributed by atoms with Crippen molar-refractivity contribution in [3.8, 4) is 0 Å². The molecule has 2 rings (SSSR count). The summed E-state index contributed by atoms with van der Waals surface area (Å²) in [5.41, 5.74) is 7.13. The lowest BCUT2D eigenvalue weighted by molar-refractivity contribution is -0.142. The number of carbonyl (C=O) groups is 1. The van der Waals surface area contributed by atoms with E-state index in [0.717, 1.165) is 0 Å². The third-order valence-electron chi connectivity index (χ3n) is 2.53. The number of aromatic nitrogens is 1. The highest BCUT2D eigenvalue weighted by atomic mass is 35.5. The number of methoxy groups -OCH3 is 1. The quantitative estimate of drug-likeness (QED) is 0.805. The normalized spacial score (nSPS) is 12.6. The number of esters is 1. The van der Waals surface area contributed by atoms with E-state index in [1.165, 1.54) is 7.11 Å². The van der Waals surface area contributed by atoms with Gasteiger partial charge in [0, 0.05) is 5.02 Å². The second kappa shape index (κ2) is 4.83. The molecule has 6 nitrogen and oxygen atoms in total. The third kappa shape index (κ3) is 2.39. The van der Waals surface area contributed by atoms with Crippen LogP contribution in [0.25, 0.3) is 11.1 Å². The van der Waals surface area contributed by atoms with Gasteiger partial charge in [-0.15, -0.1) is 0 Å². The Morgan fingerprint density at radius 2 is 2.33 bits per heavy atom. The Balaban J connectivity index is 2.35. The lowest BCUT2D eigenvalue weighted by atomic mass is 10.1. The molecule has 1 atom stereocenters. The molecular weight excluding hydrogens is 260 g/mol. The minimum absolute atomic E-state index is 0.205. The third-order valence-corrected chi connectivity index (χ3v) is 2.88. The number of carbonyl (C=O) groups excluding carboxylic acids is 1. The van der Waals surface area contributed by atoms with Gasteiger partial charge in [-0.1, -0.05) is 11.6 Å². The number of hydrogen-bond donors (Lipinski definition) is 2. The fourth-order valence-corrected chi connectivity index (χ4v) is 1.88. The van der Waals surface area contributed by atoms with E-state index < -0.39 is 17.8 Å². The highest BCUT2D eigenvalue weighted by Crippen LogP contribution is 2.23. The summed E-state index contributed by atoms with van der Waals surface area (Å²) in [5, 5.41) is 0.402. The van der Waals surface area contributed by atoms with Gasteiger partial charge in [0.05, 0.1) is 12.6 Å². The Morgan fingerprint density at radius 3 is 3.00 bits per heavy atom. The zero-order chi connectivity index (χ0) is 13.3. The van der Waals surface area contributed by atoms with E-state index in [1.807, 2.05) is 0 Å². The van der Waals surface area contributed by atoms with Gasteiger partial charge in [-0.2, -0.15) is 0 Å². The lowest BCUT2D eigenvalue weighted by Crippen LogP contribution is -2.33. The Labute approximate surface area is 107 Å². The minimum Gasteiger partial charge on any atom is -0.468 e. The van der Waals surface area contributed by atoms with Crippen LogP contribution >= 0.6 is 11.6 Å². The van der Waals surface area contributed by atoms with Crippen LogP contribution in [-0.2, 0) is 16.0 Å². The first-order valence-electron chi connectivity index (χ1n) is 5.16. The van der Waals surface area contributed by atoms with Gasteiger partial charge in [-0.3, -0.25) is 9.78 Å². The molecule has 7 heteroatoms. The second-order valence-electron chi connectivity index (χ2n) is 3.79. The van der Waals surface area contributed by atoms with E-state index in [4.69, 9.17) is 21.8 Å². The maximum absolute atomic E-state index is 11.2. The van der Waals surface area contributed by atoms with Crippen LogP contribution in [0.4, 0.5) is 0 Å². The van der Waals surface area contributed by atoms with E-state index in [2.05, 4.69) is 9.72 Å². The number of fused-ring (bicyclic) bond motifs is 1. The molecule has 1 aromatic heterocycles. The first kappa shape index (κ1) is 12.7. The van der Waals surface area contributed by atoms with E-state index in [9.17, 15) is 9.59 Å². The zero-order valence-corrected chi connectivity index (χ0v) is 10.3. The minimum atomic E-state index is -0.810. The van der Waals surface area contributed by atoms with Gasteiger partial charge in [0.2, 0.25) is 0 Å². The number of nitrogens with one attached hydrogen (secondary N) is 1. The Morgan fingerprint density at radius 1 is 1.61 bits per heavy atom. The number of rotatable bonds is 3. The van der Waals surface area contributed by atoms with E-state index in [0.29, 0.717) is 21.7 Å². The standard InChI is InChI=1S/C11H11ClN2O4/c1-17-10(15)7(13)2-5-3-9-8(4-6(5)12)14-11(16)18-9/h3-4,7H,2,13H2,1H3,(H,14,16). The number of benzene rings is 1. The van der Waals surface area contributed by atoms with Crippen molar-refractivity contribution < 1.29 is 13.9 Å². The zero-order valence-electron chi connectivity index (χ0n) is 9.53. The first-order chi connectivity index (χ1) is 8.51. The molecule has 1 unspecified atom stereocenters. The number of nitrogens with two attached hydrogens (primary N) is 1. The summed E-state index contributed by atoms with van der Waals surface area (Å²) in [6.45, 7) is 0. The predicted molar refractivity (Wildman–Crippen MR) is 65.5 cm³/mol. The Hall–Kier alpha value is -1.79. The molecule has 2 aromatic rings. The van der Waals surface area contributed by atoms with E-state index in [1.54, 1.807) is 12.1 Å². The molecule has 0 aliphatic heterocycles. The van der Waals surface area contributed by atoms with Crippen molar-refractivity contribution in [2.75, 3.05) is 7.11 Å². The molecular formula is C11H11ClN2O4. The summed E-state index contributed by atoms with van der Waals surface area (Å²) >= 11 is 6.03. The van der Waals surface area contributed by atoms with Crippen LogP contribution in [0.2, 0.25) is 5.02 Å². The fraction of sp³-hybridized carbons (Fsp3) is 0.273. The predicted octanol–water partition coefficient (Wildman–Crippen LogP) is 0.817. The van der Waals surface area contributed by atoms with Crippen LogP contribution in [0.1, 0.15) is 5.56 Å². The van der Waals surface area contributed by atoms with Crippen LogP contribution in [-0.4, -0.2) is 24.1 Å². The summed E-state index contributed by atoms with van der Waals surface area (Å²) in [6, 6.07) is 2.33. The summed E-state index contributed by atoms with van der Waals surface area (Å²) in [7, 11) is 1.26. The average molecular weight is 271 g/mol. The molecule has 18 heavy (non-hydrogen) atoms. The van der Waals surface area contributed by atoms with Gasteiger partial charge in [0.15, 0.2) is 5.58 Å². The molecule has 0 spiro atoms. The maximum Gasteiger partial charge on any atom is 0.417 e. The highest BCUT2D eigenvalue weighted by molar-refractivity contribution is 6.32. The number of ether oxygens (including phenoxy) is 1. The number of oxazole rings is 1. The molecule has 0 amide bonds. The number of hydrogen-bond acceptors (Lipinski definition) is 5. The molecule has 0 saturated heterocycles. The van der Waals surface area contributed by atoms with Crippen LogP contribution in [0.5, 0.6) is 0 Å². The number of halogens is 1. The monoisotopic (exact) mass is 270 g/mol. The van der Waals surface area contributed by atoms with Crippen LogP contribution in [0, 0.1) is 0 Å². The largest absolute Gasteiger partial charge is 0.468 e. The van der Waals surface area contributed by atoms with Crippen LogP contribution < -0.4 is 11.5 Å². The van der Waals surface area contributed by atoms with Crippen molar-refractivity contribution in [3.63, 3.8) is 0 Å². The Bertz CT molecular complexity index is 646. The molecule has 96 valence electrons. The highest BCUT2D eigenvalue weighted by Gasteiger charge is 2.17. The van der Waals surface area contributed by atoms with Crippen molar-refractivity contribution in [3.05, 3.63) is 33.3 Å². The van der Waals surface area contributed by atoms with Gasteiger partial charge in [-0.05, 0) is 24.1 Å². The topological polar surface area (TPSA) is 98.3 Å². The SMILES string of the molecule is COC(=O)C(N)Cc1cc2oc(=O)[nH]c2cc1Cl. The molecule has 0 saturated carbocycles. The average Bonchev–Trinajstić information content (AvgIpc) is 2.67. The molecule has 0 bridgehead atoms. The van der Waals surface area contributed by atoms with Gasteiger partial charge < -0.3 is 14.9 Å². The van der Waals surface area contributed by atoms with E-state index in [-0.39, 0.29) is 6.42 Å². The summed E-state index contributed by atoms with van der Waals surface area (Å²) in [4.78, 5) is 24.7. The lowest BCUT2D eigenvalue weighted by Gasteiger charge is -2.10. The Kier molecular flexibility index (Phi) is 3.40. The maximum atomic E-state index is 11.2. The molecule has 1 aromatic carbocycles. The summed E-state index contributed by atoms with van der Waals surface area (Å²) < 4.78 is 9.43. The molecule has 3 N–H and O–H groups in total. The molecule has 0 aliphatic carbocycles. The number of aromatic amines is 1. The fourth-order valence-electron chi connectivity index (χ4n) is 1.64. The molecule has 1 heterocycles. The van der Waals surface area contributed by atoms with Crippen LogP contribution in [0.15, 0.2) is 21.3 Å². The molecule has 0 aliphatic rings. The van der Waals surface area contributed by atoms with Crippen LogP contribution in [0.3, 0.4) is 0 Å². The van der Waals surface area contributed by atoms with Crippen molar-refractivity contribution in [1.82, 2.24) is 4.98 Å². The van der Waals surface area contributed by atoms with Crippen molar-refractivity contribution >= 4 is 28.7 Å². The van der Waals surface area contributed by atoms with Gasteiger partial charge in [-0.25, -0.2) is 4.79 Å². The van der Waals surface area contributed by atoms with Crippen molar-refractivity contribution in [2.24, 2.45) is 5.73 Å². The summed E-state index contributed by atoms with van der Waals surface area (Å²) in [5.74, 6) is -1.09. The second-order valence-corrected chi connectivity index (χ2v) is 4.20. The number of H-pyrrole nitrogens is 1. The van der Waals surface area contributed by atoms with Gasteiger partial charge in [0.25, 0.3) is 0 Å². The summed E-state index contributed by atoms with van der Waals surface area (Å²) in [6.07, 6.45) is 0.205. The van der Waals surface area contributed by atoms with E-state index >= 15 is 0 Å². The molecule has 0 fully saturated rings. The van der Waals surface area contributed by atoms with Crippen molar-refractivity contribution in [1.29, 1.82) is 0 Å². The first-order valence-corrected chi connectivity index (χ1v) is 5.53. The van der Waals surface area contributed by atoms with Gasteiger partial charge in [0.1, 0.15) is 6.04 Å². The van der Waals surface area contributed by atoms with Crippen molar-refractivity contribution in [2.45, 2.75) is 12.5 Å². The smallest absolute Gasteiger partial charge is 0.417 e. The van der Waals surface area contributed by atoms with Gasteiger partial charge >= 0.3 is 11.7 Å².